The van der Waals surface area contributed by atoms with E-state index in [-0.39, 0.29) is 5.91 Å². The monoisotopic (exact) mass is 349 g/mol. The van der Waals surface area contributed by atoms with Crippen molar-refractivity contribution in [2.45, 2.75) is 63.5 Å². The fourth-order valence-corrected chi connectivity index (χ4v) is 4.24. The first-order chi connectivity index (χ1) is 11.5. The quantitative estimate of drug-likeness (QED) is 0.875. The molecule has 2 fully saturated rings. The summed E-state index contributed by atoms with van der Waals surface area (Å²) in [5.74, 6) is -0.171. The molecule has 1 amide bonds. The van der Waals surface area contributed by atoms with Gasteiger partial charge in [-0.3, -0.25) is 4.79 Å². The SMILES string of the molecule is Cc1ccc(N2CCC(NC3(C(N)=O)CCCCC3)CC2)cc1Cl. The van der Waals surface area contributed by atoms with E-state index >= 15 is 0 Å². The van der Waals surface area contributed by atoms with Crippen LogP contribution in [0.4, 0.5) is 5.69 Å². The van der Waals surface area contributed by atoms with Crippen molar-refractivity contribution in [2.24, 2.45) is 5.73 Å². The van der Waals surface area contributed by atoms with E-state index < -0.39 is 5.54 Å². The lowest BCUT2D eigenvalue weighted by Gasteiger charge is -2.42. The number of aryl methyl sites for hydroxylation is 1. The van der Waals surface area contributed by atoms with Gasteiger partial charge in [-0.05, 0) is 50.3 Å². The van der Waals surface area contributed by atoms with Crippen LogP contribution in [-0.2, 0) is 4.79 Å². The van der Waals surface area contributed by atoms with Crippen LogP contribution in [0.5, 0.6) is 0 Å². The number of carbonyl (C=O) groups excluding carboxylic acids is 1. The Bertz CT molecular complexity index is 590. The Morgan fingerprint density at radius 2 is 1.92 bits per heavy atom. The van der Waals surface area contributed by atoms with Crippen molar-refractivity contribution >= 4 is 23.2 Å². The first-order valence-corrected chi connectivity index (χ1v) is 9.47. The Hall–Kier alpha value is -1.26. The van der Waals surface area contributed by atoms with E-state index in [1.54, 1.807) is 0 Å². The van der Waals surface area contributed by atoms with Gasteiger partial charge in [-0.1, -0.05) is 36.9 Å². The Morgan fingerprint density at radius 1 is 1.25 bits per heavy atom. The molecule has 0 unspecified atom stereocenters. The Labute approximate surface area is 149 Å². The minimum atomic E-state index is -0.474. The third kappa shape index (κ3) is 3.70. The minimum absolute atomic E-state index is 0.171. The molecule has 1 heterocycles. The summed E-state index contributed by atoms with van der Waals surface area (Å²) in [6, 6.07) is 6.64. The Balaban J connectivity index is 1.60. The maximum atomic E-state index is 12.0. The number of halogens is 1. The molecule has 3 rings (SSSR count). The van der Waals surface area contributed by atoms with Gasteiger partial charge in [0.1, 0.15) is 0 Å². The number of hydrogen-bond acceptors (Lipinski definition) is 3. The van der Waals surface area contributed by atoms with Crippen LogP contribution in [0.2, 0.25) is 5.02 Å². The van der Waals surface area contributed by atoms with Crippen molar-refractivity contribution in [3.05, 3.63) is 28.8 Å². The van der Waals surface area contributed by atoms with E-state index in [9.17, 15) is 4.79 Å². The van der Waals surface area contributed by atoms with Crippen molar-refractivity contribution in [2.75, 3.05) is 18.0 Å². The largest absolute Gasteiger partial charge is 0.371 e. The van der Waals surface area contributed by atoms with Crippen molar-refractivity contribution < 1.29 is 4.79 Å². The molecular weight excluding hydrogens is 322 g/mol. The average Bonchev–Trinajstić information content (AvgIpc) is 2.59. The number of amides is 1. The van der Waals surface area contributed by atoms with Crippen molar-refractivity contribution in [3.8, 4) is 0 Å². The number of piperidine rings is 1. The number of hydrogen-bond donors (Lipinski definition) is 2. The van der Waals surface area contributed by atoms with E-state index in [0.717, 1.165) is 62.2 Å². The van der Waals surface area contributed by atoms with Gasteiger partial charge in [-0.2, -0.15) is 0 Å². The molecule has 1 saturated carbocycles. The zero-order chi connectivity index (χ0) is 17.2. The van der Waals surface area contributed by atoms with Gasteiger partial charge in [0.05, 0.1) is 5.54 Å². The van der Waals surface area contributed by atoms with E-state index in [1.807, 2.05) is 6.92 Å². The molecule has 1 aromatic rings. The summed E-state index contributed by atoms with van der Waals surface area (Å²) in [5, 5.41) is 4.46. The molecule has 0 radical (unpaired) electrons. The molecule has 5 heteroatoms. The predicted molar refractivity (Wildman–Crippen MR) is 99.6 cm³/mol. The third-order valence-corrected chi connectivity index (χ3v) is 6.08. The average molecular weight is 350 g/mol. The molecule has 1 aromatic carbocycles. The van der Waals surface area contributed by atoms with Crippen LogP contribution in [0.15, 0.2) is 18.2 Å². The number of nitrogens with two attached hydrogens (primary N) is 1. The fraction of sp³-hybridized carbons (Fsp3) is 0.632. The first-order valence-electron chi connectivity index (χ1n) is 9.09. The summed E-state index contributed by atoms with van der Waals surface area (Å²) in [4.78, 5) is 14.4. The standard InChI is InChI=1S/C19H28ClN3O/c1-14-5-6-16(13-17(14)20)23-11-7-15(8-12-23)22-19(18(21)24)9-3-2-4-10-19/h5-6,13,15,22H,2-4,7-12H2,1H3,(H2,21,24). The van der Waals surface area contributed by atoms with Crippen LogP contribution < -0.4 is 16.0 Å². The zero-order valence-corrected chi connectivity index (χ0v) is 15.2. The number of nitrogens with one attached hydrogen (secondary N) is 1. The highest BCUT2D eigenvalue weighted by atomic mass is 35.5. The van der Waals surface area contributed by atoms with Crippen LogP contribution in [0, 0.1) is 6.92 Å². The van der Waals surface area contributed by atoms with Crippen LogP contribution in [-0.4, -0.2) is 30.6 Å². The van der Waals surface area contributed by atoms with E-state index in [0.29, 0.717) is 6.04 Å². The smallest absolute Gasteiger partial charge is 0.237 e. The highest BCUT2D eigenvalue weighted by Gasteiger charge is 2.39. The molecular formula is C19H28ClN3O. The molecule has 0 bridgehead atoms. The Kier molecular flexibility index (Phi) is 5.36. The molecule has 3 N–H and O–H groups in total. The summed E-state index contributed by atoms with van der Waals surface area (Å²) >= 11 is 6.25. The maximum Gasteiger partial charge on any atom is 0.237 e. The second kappa shape index (κ2) is 7.32. The molecule has 1 aliphatic heterocycles. The molecule has 4 nitrogen and oxygen atoms in total. The fourth-order valence-electron chi connectivity index (χ4n) is 4.07. The molecule has 0 spiro atoms. The van der Waals surface area contributed by atoms with Gasteiger partial charge in [-0.25, -0.2) is 0 Å². The summed E-state index contributed by atoms with van der Waals surface area (Å²) in [7, 11) is 0. The van der Waals surface area contributed by atoms with Crippen LogP contribution in [0.25, 0.3) is 0 Å². The van der Waals surface area contributed by atoms with Crippen molar-refractivity contribution in [3.63, 3.8) is 0 Å². The predicted octanol–water partition coefficient (Wildman–Crippen LogP) is 3.40. The normalized spacial score (nSPS) is 21.7. The van der Waals surface area contributed by atoms with E-state index in [4.69, 9.17) is 17.3 Å². The van der Waals surface area contributed by atoms with E-state index in [2.05, 4.69) is 28.4 Å². The molecule has 2 aliphatic rings. The van der Waals surface area contributed by atoms with Gasteiger partial charge >= 0.3 is 0 Å². The summed E-state index contributed by atoms with van der Waals surface area (Å²) in [6.07, 6.45) is 7.23. The van der Waals surface area contributed by atoms with Gasteiger partial charge < -0.3 is 16.0 Å². The van der Waals surface area contributed by atoms with Gasteiger partial charge in [0, 0.05) is 29.8 Å². The molecule has 0 atom stereocenters. The van der Waals surface area contributed by atoms with Crippen LogP contribution in [0.1, 0.15) is 50.5 Å². The lowest BCUT2D eigenvalue weighted by atomic mass is 9.80. The van der Waals surface area contributed by atoms with Gasteiger partial charge in [0.25, 0.3) is 0 Å². The first kappa shape index (κ1) is 17.6. The summed E-state index contributed by atoms with van der Waals surface area (Å²) in [5.41, 5.74) is 7.56. The molecule has 0 aromatic heterocycles. The third-order valence-electron chi connectivity index (χ3n) is 5.67. The van der Waals surface area contributed by atoms with E-state index in [1.165, 1.54) is 12.1 Å². The van der Waals surface area contributed by atoms with Gasteiger partial charge in [0.15, 0.2) is 0 Å². The van der Waals surface area contributed by atoms with Crippen LogP contribution >= 0.6 is 11.6 Å². The molecule has 24 heavy (non-hydrogen) atoms. The minimum Gasteiger partial charge on any atom is -0.371 e. The number of anilines is 1. The zero-order valence-electron chi connectivity index (χ0n) is 14.5. The Morgan fingerprint density at radius 3 is 2.50 bits per heavy atom. The second-order valence-corrected chi connectivity index (χ2v) is 7.75. The highest BCUT2D eigenvalue weighted by Crippen LogP contribution is 2.31. The van der Waals surface area contributed by atoms with Crippen molar-refractivity contribution in [1.29, 1.82) is 0 Å². The number of rotatable bonds is 4. The molecule has 132 valence electrons. The number of primary amides is 1. The number of nitrogens with zero attached hydrogens (tertiary/aromatic N) is 1. The summed E-state index contributed by atoms with van der Waals surface area (Å²) in [6.45, 7) is 3.98. The maximum absolute atomic E-state index is 12.0. The second-order valence-electron chi connectivity index (χ2n) is 7.35. The summed E-state index contributed by atoms with van der Waals surface area (Å²) < 4.78 is 0. The lowest BCUT2D eigenvalue weighted by Crippen LogP contribution is -2.61. The van der Waals surface area contributed by atoms with Gasteiger partial charge in [0.2, 0.25) is 5.91 Å². The highest BCUT2D eigenvalue weighted by molar-refractivity contribution is 6.31. The number of benzene rings is 1. The topological polar surface area (TPSA) is 58.4 Å². The lowest BCUT2D eigenvalue weighted by molar-refractivity contribution is -0.126. The van der Waals surface area contributed by atoms with Gasteiger partial charge in [-0.15, -0.1) is 0 Å². The van der Waals surface area contributed by atoms with Crippen LogP contribution in [0.3, 0.4) is 0 Å². The molecule has 1 aliphatic carbocycles. The molecule has 1 saturated heterocycles. The van der Waals surface area contributed by atoms with Crippen molar-refractivity contribution in [1.82, 2.24) is 5.32 Å². The number of carbonyl (C=O) groups is 1.